The second-order valence-electron chi connectivity index (χ2n) is 8.05. The van der Waals surface area contributed by atoms with Crippen molar-refractivity contribution in [1.82, 2.24) is 10.2 Å². The molecule has 1 unspecified atom stereocenters. The highest BCUT2D eigenvalue weighted by Gasteiger charge is 2.29. The van der Waals surface area contributed by atoms with E-state index in [1.54, 1.807) is 14.2 Å². The summed E-state index contributed by atoms with van der Waals surface area (Å²) in [5, 5.41) is 4.95. The molecular weight excluding hydrogens is 436 g/mol. The lowest BCUT2D eigenvalue weighted by atomic mass is 9.97. The Hall–Kier alpha value is -3.32. The van der Waals surface area contributed by atoms with Gasteiger partial charge in [-0.2, -0.15) is 0 Å². The number of carbonyl (C=O) groups excluding carboxylic acids is 2. The Morgan fingerprint density at radius 3 is 2.42 bits per heavy atom. The molecule has 7 heteroatoms. The van der Waals surface area contributed by atoms with Crippen LogP contribution in [0.15, 0.2) is 60.0 Å². The second kappa shape index (κ2) is 10.5. The molecule has 2 aromatic carbocycles. The highest BCUT2D eigenvalue weighted by atomic mass is 32.1. The maximum Gasteiger partial charge on any atom is 0.245 e. The number of nitrogens with zero attached hydrogens (tertiary/aromatic N) is 1. The molecule has 1 atom stereocenters. The molecule has 0 aliphatic carbocycles. The number of rotatable bonds is 8. The molecule has 0 bridgehead atoms. The van der Waals surface area contributed by atoms with Gasteiger partial charge in [-0.1, -0.05) is 36.4 Å². The molecule has 33 heavy (non-hydrogen) atoms. The molecule has 6 nitrogen and oxygen atoms in total. The summed E-state index contributed by atoms with van der Waals surface area (Å²) in [6.45, 7) is 1.06. The fourth-order valence-corrected chi connectivity index (χ4v) is 4.86. The average Bonchev–Trinajstić information content (AvgIpc) is 3.35. The first-order valence-electron chi connectivity index (χ1n) is 11.0. The summed E-state index contributed by atoms with van der Waals surface area (Å²) in [5.41, 5.74) is 3.20. The first-order chi connectivity index (χ1) is 16.1. The lowest BCUT2D eigenvalue weighted by Gasteiger charge is -2.32. The van der Waals surface area contributed by atoms with E-state index in [0.717, 1.165) is 28.0 Å². The van der Waals surface area contributed by atoms with Crippen molar-refractivity contribution in [3.63, 3.8) is 0 Å². The normalized spacial score (nSPS) is 13.7. The Balaban J connectivity index is 1.52. The summed E-state index contributed by atoms with van der Waals surface area (Å²) in [6, 6.07) is 17.0. The number of benzene rings is 2. The van der Waals surface area contributed by atoms with Gasteiger partial charge >= 0.3 is 0 Å². The van der Waals surface area contributed by atoms with Crippen LogP contribution >= 0.6 is 11.3 Å². The lowest BCUT2D eigenvalue weighted by Crippen LogP contribution is -2.51. The number of ether oxygens (including phenoxy) is 2. The predicted molar refractivity (Wildman–Crippen MR) is 129 cm³/mol. The zero-order valence-corrected chi connectivity index (χ0v) is 19.7. The minimum absolute atomic E-state index is 0.0705. The third-order valence-corrected chi connectivity index (χ3v) is 6.74. The van der Waals surface area contributed by atoms with Gasteiger partial charge in [0.25, 0.3) is 0 Å². The highest BCUT2D eigenvalue weighted by molar-refractivity contribution is 7.10. The van der Waals surface area contributed by atoms with Crippen molar-refractivity contribution >= 4 is 23.2 Å². The summed E-state index contributed by atoms with van der Waals surface area (Å²) in [6.07, 6.45) is 1.45. The number of amides is 2. The van der Waals surface area contributed by atoms with E-state index in [1.165, 1.54) is 11.3 Å². The molecule has 2 heterocycles. The van der Waals surface area contributed by atoms with Crippen LogP contribution in [0, 0.1) is 0 Å². The minimum atomic E-state index is -0.624. The smallest absolute Gasteiger partial charge is 0.245 e. The van der Waals surface area contributed by atoms with Crippen LogP contribution in [0.4, 0.5) is 0 Å². The van der Waals surface area contributed by atoms with Gasteiger partial charge in [-0.25, -0.2) is 0 Å². The van der Waals surface area contributed by atoms with Crippen LogP contribution in [0.3, 0.4) is 0 Å². The molecule has 172 valence electrons. The molecule has 1 aliphatic heterocycles. The Bertz CT molecular complexity index is 1100. The van der Waals surface area contributed by atoms with Crippen molar-refractivity contribution in [3.8, 4) is 11.5 Å². The molecule has 4 rings (SSSR count). The van der Waals surface area contributed by atoms with Gasteiger partial charge in [0.05, 0.1) is 20.6 Å². The Morgan fingerprint density at radius 2 is 1.76 bits per heavy atom. The maximum absolute atomic E-state index is 13.6. The summed E-state index contributed by atoms with van der Waals surface area (Å²) in [7, 11) is 3.23. The lowest BCUT2D eigenvalue weighted by molar-refractivity contribution is -0.137. The van der Waals surface area contributed by atoms with E-state index in [1.807, 2.05) is 64.9 Å². The number of hydrogen-bond acceptors (Lipinski definition) is 5. The van der Waals surface area contributed by atoms with Gasteiger partial charge < -0.3 is 19.7 Å². The summed E-state index contributed by atoms with van der Waals surface area (Å²) in [4.78, 5) is 29.1. The van der Waals surface area contributed by atoms with E-state index in [-0.39, 0.29) is 18.2 Å². The molecule has 0 saturated heterocycles. The van der Waals surface area contributed by atoms with Gasteiger partial charge in [0, 0.05) is 24.4 Å². The predicted octanol–water partition coefficient (Wildman–Crippen LogP) is 3.62. The molecule has 0 radical (unpaired) electrons. The third-order valence-electron chi connectivity index (χ3n) is 5.86. The van der Waals surface area contributed by atoms with E-state index < -0.39 is 6.04 Å². The largest absolute Gasteiger partial charge is 0.493 e. The molecular formula is C26H28N2O4S. The first-order valence-corrected chi connectivity index (χ1v) is 11.8. The number of nitrogens with one attached hydrogen (secondary N) is 1. The summed E-state index contributed by atoms with van der Waals surface area (Å²) >= 11 is 1.54. The average molecular weight is 465 g/mol. The fourth-order valence-electron chi connectivity index (χ4n) is 4.16. The molecule has 3 aromatic rings. The molecule has 0 fully saturated rings. The van der Waals surface area contributed by atoms with Crippen LogP contribution in [0.2, 0.25) is 0 Å². The molecule has 1 aromatic heterocycles. The Labute approximate surface area is 198 Å². The molecule has 1 N–H and O–H groups in total. The number of methoxy groups -OCH3 is 2. The van der Waals surface area contributed by atoms with Crippen molar-refractivity contribution < 1.29 is 19.1 Å². The van der Waals surface area contributed by atoms with Gasteiger partial charge in [0.15, 0.2) is 11.5 Å². The standard InChI is InChI=1S/C26H28N2O4S/c1-31-23-14-19-10-11-28(17-20(19)15-24(23)32-2)26(30)22(13-18-7-4-3-5-8-18)27-25(29)16-21-9-6-12-33-21/h3-9,12,14-15,22H,10-11,13,16-17H2,1-2H3,(H,27,29). The van der Waals surface area contributed by atoms with Crippen LogP contribution in [0.25, 0.3) is 0 Å². The molecule has 2 amide bonds. The van der Waals surface area contributed by atoms with Crippen LogP contribution in [0.5, 0.6) is 11.5 Å². The van der Waals surface area contributed by atoms with Gasteiger partial charge in [0.2, 0.25) is 11.8 Å². The highest BCUT2D eigenvalue weighted by Crippen LogP contribution is 2.33. The van der Waals surface area contributed by atoms with Crippen LogP contribution in [-0.2, 0) is 35.4 Å². The monoisotopic (exact) mass is 464 g/mol. The minimum Gasteiger partial charge on any atom is -0.493 e. The number of carbonyl (C=O) groups is 2. The third kappa shape index (κ3) is 5.54. The van der Waals surface area contributed by atoms with E-state index >= 15 is 0 Å². The fraction of sp³-hybridized carbons (Fsp3) is 0.308. The maximum atomic E-state index is 13.6. The SMILES string of the molecule is COc1cc2c(cc1OC)CN(C(=O)C(Cc1ccccc1)NC(=O)Cc1cccs1)CC2. The number of thiophene rings is 1. The zero-order chi connectivity index (χ0) is 23.2. The van der Waals surface area contributed by atoms with Crippen molar-refractivity contribution in [1.29, 1.82) is 0 Å². The van der Waals surface area contributed by atoms with Gasteiger partial charge in [0.1, 0.15) is 6.04 Å². The zero-order valence-electron chi connectivity index (χ0n) is 18.9. The van der Waals surface area contributed by atoms with Crippen molar-refractivity contribution in [2.24, 2.45) is 0 Å². The van der Waals surface area contributed by atoms with Crippen molar-refractivity contribution in [2.45, 2.75) is 31.8 Å². The van der Waals surface area contributed by atoms with Crippen LogP contribution in [-0.4, -0.2) is 43.5 Å². The molecule has 1 aliphatic rings. The van der Waals surface area contributed by atoms with Gasteiger partial charge in [-0.15, -0.1) is 11.3 Å². The van der Waals surface area contributed by atoms with E-state index in [0.29, 0.717) is 31.0 Å². The quantitative estimate of drug-likeness (QED) is 0.553. The first kappa shape index (κ1) is 22.9. The van der Waals surface area contributed by atoms with Gasteiger partial charge in [-0.3, -0.25) is 9.59 Å². The number of fused-ring (bicyclic) bond motifs is 1. The molecule has 0 saturated carbocycles. The second-order valence-corrected chi connectivity index (χ2v) is 9.08. The van der Waals surface area contributed by atoms with Crippen LogP contribution < -0.4 is 14.8 Å². The van der Waals surface area contributed by atoms with E-state index in [9.17, 15) is 9.59 Å². The number of hydrogen-bond donors (Lipinski definition) is 1. The summed E-state index contributed by atoms with van der Waals surface area (Å²) in [5.74, 6) is 1.13. The Morgan fingerprint density at radius 1 is 1.03 bits per heavy atom. The Kier molecular flexibility index (Phi) is 7.29. The van der Waals surface area contributed by atoms with Crippen molar-refractivity contribution in [3.05, 3.63) is 81.5 Å². The van der Waals surface area contributed by atoms with E-state index in [4.69, 9.17) is 9.47 Å². The summed E-state index contributed by atoms with van der Waals surface area (Å²) < 4.78 is 10.9. The van der Waals surface area contributed by atoms with E-state index in [2.05, 4.69) is 5.32 Å². The topological polar surface area (TPSA) is 67.9 Å². The molecule has 0 spiro atoms. The van der Waals surface area contributed by atoms with Crippen LogP contribution in [0.1, 0.15) is 21.6 Å². The van der Waals surface area contributed by atoms with Gasteiger partial charge in [-0.05, 0) is 46.7 Å². The van der Waals surface area contributed by atoms with Crippen molar-refractivity contribution in [2.75, 3.05) is 20.8 Å².